The van der Waals surface area contributed by atoms with Crippen molar-refractivity contribution in [2.24, 2.45) is 0 Å². The summed E-state index contributed by atoms with van der Waals surface area (Å²) in [7, 11) is 0. The number of ether oxygens (including phenoxy) is 1. The largest absolute Gasteiger partial charge is 0.459 e. The van der Waals surface area contributed by atoms with E-state index in [0.29, 0.717) is 10.6 Å². The first-order chi connectivity index (χ1) is 10.2. The molecule has 1 heterocycles. The highest BCUT2D eigenvalue weighted by molar-refractivity contribution is 7.14. The second-order valence-electron chi connectivity index (χ2n) is 6.67. The van der Waals surface area contributed by atoms with Crippen molar-refractivity contribution in [3.8, 4) is 11.1 Å². The number of carbonyl (C=O) groups is 1. The summed E-state index contributed by atoms with van der Waals surface area (Å²) in [6, 6.07) is 8.27. The van der Waals surface area contributed by atoms with Gasteiger partial charge in [-0.1, -0.05) is 45.0 Å². The summed E-state index contributed by atoms with van der Waals surface area (Å²) in [5.41, 5.74) is 9.63. The van der Waals surface area contributed by atoms with Gasteiger partial charge in [-0.25, -0.2) is 4.79 Å². The van der Waals surface area contributed by atoms with Crippen LogP contribution in [0.25, 0.3) is 11.1 Å². The molecule has 0 amide bonds. The van der Waals surface area contributed by atoms with Crippen molar-refractivity contribution < 1.29 is 9.53 Å². The molecule has 0 spiro atoms. The van der Waals surface area contributed by atoms with Crippen LogP contribution in [0.5, 0.6) is 0 Å². The molecule has 4 heteroatoms. The van der Waals surface area contributed by atoms with E-state index in [4.69, 9.17) is 10.5 Å². The molecule has 22 heavy (non-hydrogen) atoms. The minimum Gasteiger partial charge on any atom is -0.459 e. The Kier molecular flexibility index (Phi) is 4.61. The molecular weight excluding hydrogens is 294 g/mol. The molecule has 2 aromatic rings. The summed E-state index contributed by atoms with van der Waals surface area (Å²) in [6.07, 6.45) is -0.164. The molecular formula is C18H23NO2S. The zero-order chi connectivity index (χ0) is 16.5. The van der Waals surface area contributed by atoms with Gasteiger partial charge in [0.2, 0.25) is 0 Å². The first-order valence-electron chi connectivity index (χ1n) is 7.39. The second kappa shape index (κ2) is 6.13. The van der Waals surface area contributed by atoms with Gasteiger partial charge in [-0.15, -0.1) is 11.3 Å². The van der Waals surface area contributed by atoms with Crippen LogP contribution < -0.4 is 5.73 Å². The molecule has 0 radical (unpaired) electrons. The maximum atomic E-state index is 12.3. The van der Waals surface area contributed by atoms with Crippen LogP contribution in [0, 0.1) is 0 Å². The number of carbonyl (C=O) groups excluding carboxylic acids is 1. The zero-order valence-electron chi connectivity index (χ0n) is 13.8. The lowest BCUT2D eigenvalue weighted by Crippen LogP contribution is -2.13. The first kappa shape index (κ1) is 16.6. The standard InChI is InChI=1S/C18H23NO2S/c1-11(2)21-17(20)15-14(10-22-16(15)19)12-6-8-13(9-7-12)18(3,4)5/h6-11H,19H2,1-5H3. The van der Waals surface area contributed by atoms with Gasteiger partial charge in [-0.05, 0) is 30.4 Å². The number of thiophene rings is 1. The third-order valence-corrected chi connectivity index (χ3v) is 4.24. The molecule has 3 nitrogen and oxygen atoms in total. The van der Waals surface area contributed by atoms with E-state index >= 15 is 0 Å². The van der Waals surface area contributed by atoms with Gasteiger partial charge in [0, 0.05) is 10.9 Å². The van der Waals surface area contributed by atoms with Crippen LogP contribution in [0.15, 0.2) is 29.6 Å². The molecule has 0 aliphatic carbocycles. The predicted octanol–water partition coefficient (Wildman–Crippen LogP) is 4.86. The van der Waals surface area contributed by atoms with E-state index in [0.717, 1.165) is 11.1 Å². The Labute approximate surface area is 136 Å². The number of rotatable bonds is 3. The maximum Gasteiger partial charge on any atom is 0.342 e. The average Bonchev–Trinajstić information content (AvgIpc) is 2.79. The van der Waals surface area contributed by atoms with Crippen molar-refractivity contribution in [2.75, 3.05) is 5.73 Å². The number of hydrogen-bond acceptors (Lipinski definition) is 4. The van der Waals surface area contributed by atoms with Crippen LogP contribution in [0.2, 0.25) is 0 Å². The Morgan fingerprint density at radius 1 is 1.18 bits per heavy atom. The van der Waals surface area contributed by atoms with Crippen LogP contribution >= 0.6 is 11.3 Å². The summed E-state index contributed by atoms with van der Waals surface area (Å²) >= 11 is 1.37. The first-order valence-corrected chi connectivity index (χ1v) is 8.27. The number of anilines is 1. The Morgan fingerprint density at radius 3 is 2.27 bits per heavy atom. The molecule has 0 saturated carbocycles. The SMILES string of the molecule is CC(C)OC(=O)c1c(-c2ccc(C(C)(C)C)cc2)csc1N. The van der Waals surface area contributed by atoms with E-state index in [1.807, 2.05) is 31.4 Å². The molecule has 0 atom stereocenters. The minimum absolute atomic E-state index is 0.103. The van der Waals surface area contributed by atoms with Gasteiger partial charge in [0.1, 0.15) is 10.6 Å². The van der Waals surface area contributed by atoms with Gasteiger partial charge < -0.3 is 10.5 Å². The molecule has 1 aromatic heterocycles. The summed E-state index contributed by atoms with van der Waals surface area (Å²) in [5.74, 6) is -0.358. The van der Waals surface area contributed by atoms with Crippen LogP contribution in [-0.2, 0) is 10.2 Å². The predicted molar refractivity (Wildman–Crippen MR) is 93.4 cm³/mol. The fourth-order valence-electron chi connectivity index (χ4n) is 2.22. The van der Waals surface area contributed by atoms with Gasteiger partial charge in [-0.2, -0.15) is 0 Å². The van der Waals surface area contributed by atoms with Crippen molar-refractivity contribution in [1.82, 2.24) is 0 Å². The highest BCUT2D eigenvalue weighted by Gasteiger charge is 2.21. The third-order valence-electron chi connectivity index (χ3n) is 3.43. The Bertz CT molecular complexity index is 663. The summed E-state index contributed by atoms with van der Waals surface area (Å²) in [5, 5.41) is 2.42. The molecule has 0 aliphatic rings. The van der Waals surface area contributed by atoms with Crippen molar-refractivity contribution in [1.29, 1.82) is 0 Å². The van der Waals surface area contributed by atoms with Gasteiger partial charge in [0.25, 0.3) is 0 Å². The molecule has 0 aliphatic heterocycles. The van der Waals surface area contributed by atoms with Crippen molar-refractivity contribution >= 4 is 22.3 Å². The lowest BCUT2D eigenvalue weighted by Gasteiger charge is -2.19. The second-order valence-corrected chi connectivity index (χ2v) is 7.58. The molecule has 2 N–H and O–H groups in total. The molecule has 0 saturated heterocycles. The molecule has 2 rings (SSSR count). The Balaban J connectivity index is 2.40. The number of hydrogen-bond donors (Lipinski definition) is 1. The van der Waals surface area contributed by atoms with Crippen LogP contribution in [0.1, 0.15) is 50.5 Å². The monoisotopic (exact) mass is 317 g/mol. The van der Waals surface area contributed by atoms with Crippen LogP contribution in [0.3, 0.4) is 0 Å². The van der Waals surface area contributed by atoms with Crippen molar-refractivity contribution in [3.05, 3.63) is 40.8 Å². The highest BCUT2D eigenvalue weighted by Crippen LogP contribution is 2.35. The smallest absolute Gasteiger partial charge is 0.342 e. The molecule has 0 bridgehead atoms. The summed E-state index contributed by atoms with van der Waals surface area (Å²) < 4.78 is 5.30. The number of nitrogen functional groups attached to an aromatic ring is 1. The molecule has 1 aromatic carbocycles. The number of esters is 1. The molecule has 0 unspecified atom stereocenters. The van der Waals surface area contributed by atoms with Gasteiger partial charge in [0.05, 0.1) is 6.10 Å². The lowest BCUT2D eigenvalue weighted by molar-refractivity contribution is 0.0380. The topological polar surface area (TPSA) is 52.3 Å². The third kappa shape index (κ3) is 3.50. The van der Waals surface area contributed by atoms with Crippen molar-refractivity contribution in [3.63, 3.8) is 0 Å². The Morgan fingerprint density at radius 2 is 1.77 bits per heavy atom. The molecule has 0 fully saturated rings. The van der Waals surface area contributed by atoms with E-state index in [9.17, 15) is 4.79 Å². The van der Waals surface area contributed by atoms with E-state index in [2.05, 4.69) is 32.9 Å². The van der Waals surface area contributed by atoms with Gasteiger partial charge in [0.15, 0.2) is 0 Å². The maximum absolute atomic E-state index is 12.3. The van der Waals surface area contributed by atoms with E-state index in [1.54, 1.807) is 0 Å². The normalized spacial score (nSPS) is 11.7. The fraction of sp³-hybridized carbons (Fsp3) is 0.389. The summed E-state index contributed by atoms with van der Waals surface area (Å²) in [6.45, 7) is 10.2. The van der Waals surface area contributed by atoms with Gasteiger partial charge in [-0.3, -0.25) is 0 Å². The van der Waals surface area contributed by atoms with Gasteiger partial charge >= 0.3 is 5.97 Å². The average molecular weight is 317 g/mol. The number of nitrogens with two attached hydrogens (primary N) is 1. The van der Waals surface area contributed by atoms with Crippen LogP contribution in [-0.4, -0.2) is 12.1 Å². The highest BCUT2D eigenvalue weighted by atomic mass is 32.1. The zero-order valence-corrected chi connectivity index (χ0v) is 14.6. The van der Waals surface area contributed by atoms with E-state index < -0.39 is 0 Å². The fourth-order valence-corrected chi connectivity index (χ4v) is 3.03. The minimum atomic E-state index is -0.358. The number of benzene rings is 1. The quantitative estimate of drug-likeness (QED) is 0.822. The lowest BCUT2D eigenvalue weighted by atomic mass is 9.86. The van der Waals surface area contributed by atoms with E-state index in [1.165, 1.54) is 16.9 Å². The molecule has 118 valence electrons. The Hall–Kier alpha value is -1.81. The van der Waals surface area contributed by atoms with Crippen LogP contribution in [0.4, 0.5) is 5.00 Å². The summed E-state index contributed by atoms with van der Waals surface area (Å²) in [4.78, 5) is 12.3. The van der Waals surface area contributed by atoms with E-state index in [-0.39, 0.29) is 17.5 Å². The van der Waals surface area contributed by atoms with Crippen molar-refractivity contribution in [2.45, 2.75) is 46.1 Å².